The molecule has 9 heteroatoms. The van der Waals surface area contributed by atoms with Gasteiger partial charge in [-0.3, -0.25) is 14.4 Å². The number of likely N-dealkylation sites (tertiary alicyclic amines) is 1. The molecule has 6 atom stereocenters. The van der Waals surface area contributed by atoms with E-state index in [9.17, 15) is 24.6 Å². The molecule has 212 valence electrons. The first kappa shape index (κ1) is 27.9. The van der Waals surface area contributed by atoms with Gasteiger partial charge < -0.3 is 29.6 Å². The Morgan fingerprint density at radius 3 is 2.35 bits per heavy atom. The number of aliphatic hydroxyl groups is 1. The molecule has 2 bridgehead atoms. The lowest BCUT2D eigenvalue weighted by Crippen LogP contribution is -2.57. The summed E-state index contributed by atoms with van der Waals surface area (Å²) >= 11 is 0. The number of carbonyl (C=O) groups is 3. The fraction of sp³-hybridized carbons (Fsp3) is 0.452. The van der Waals surface area contributed by atoms with E-state index in [2.05, 4.69) is 25.3 Å². The van der Waals surface area contributed by atoms with Crippen molar-refractivity contribution in [2.24, 2.45) is 11.8 Å². The van der Waals surface area contributed by atoms with Gasteiger partial charge in [0.25, 0.3) is 5.91 Å². The predicted molar refractivity (Wildman–Crippen MR) is 151 cm³/mol. The highest BCUT2D eigenvalue weighted by atomic mass is 16.5. The second-order valence-corrected chi connectivity index (χ2v) is 10.7. The van der Waals surface area contributed by atoms with Crippen LogP contribution in [0.25, 0.3) is 0 Å². The van der Waals surface area contributed by atoms with Crippen molar-refractivity contribution in [1.82, 2.24) is 4.90 Å². The Morgan fingerprint density at radius 2 is 1.77 bits per heavy atom. The molecular formula is C31H37N3O6. The van der Waals surface area contributed by atoms with Crippen LogP contribution < -0.4 is 9.80 Å². The van der Waals surface area contributed by atoms with Crippen molar-refractivity contribution in [2.45, 2.75) is 50.5 Å². The third-order valence-corrected chi connectivity index (χ3v) is 8.82. The molecule has 0 unspecified atom stereocenters. The standard InChI is InChI=1S/C31H37N3O6/c1-4-18-33(22-14-12-21(13-15-22)32(5-2)6-3)29(37)27-31-17-16-24(40-31)25(30(38)39)26(31)28(36)34(27)23(19-35)20-10-8-7-9-11-20/h4,7-15,23-27,35H,1,5-6,16-19H2,2-3H3,(H,38,39)/t23-,24+,25-,26-,27+,31-/m1/s1. The highest BCUT2D eigenvalue weighted by molar-refractivity contribution is 6.04. The van der Waals surface area contributed by atoms with Gasteiger partial charge in [-0.1, -0.05) is 36.4 Å². The van der Waals surface area contributed by atoms with Gasteiger partial charge >= 0.3 is 5.97 Å². The van der Waals surface area contributed by atoms with Gasteiger partial charge in [-0.05, 0) is 56.5 Å². The number of aliphatic carboxylic acids is 1. The first-order chi connectivity index (χ1) is 19.3. The number of carbonyl (C=O) groups excluding carboxylic acids is 2. The largest absolute Gasteiger partial charge is 0.481 e. The van der Waals surface area contributed by atoms with Gasteiger partial charge in [-0.2, -0.15) is 0 Å². The van der Waals surface area contributed by atoms with E-state index in [0.717, 1.165) is 18.8 Å². The van der Waals surface area contributed by atoms with E-state index in [-0.39, 0.29) is 12.5 Å². The maximum Gasteiger partial charge on any atom is 0.310 e. The van der Waals surface area contributed by atoms with E-state index in [4.69, 9.17) is 4.74 Å². The fourth-order valence-corrected chi connectivity index (χ4v) is 7.05. The number of aliphatic hydroxyl groups excluding tert-OH is 1. The van der Waals surface area contributed by atoms with Gasteiger partial charge in [0.05, 0.1) is 30.6 Å². The van der Waals surface area contributed by atoms with Crippen LogP contribution in [0.1, 0.15) is 38.3 Å². The van der Waals surface area contributed by atoms with Gasteiger partial charge in [0.15, 0.2) is 0 Å². The Labute approximate surface area is 234 Å². The molecule has 0 radical (unpaired) electrons. The maximum atomic E-state index is 14.6. The summed E-state index contributed by atoms with van der Waals surface area (Å²) in [7, 11) is 0. The molecular weight excluding hydrogens is 510 g/mol. The van der Waals surface area contributed by atoms with Crippen molar-refractivity contribution in [3.8, 4) is 0 Å². The number of carboxylic acid groups (broad SMARTS) is 1. The molecule has 3 saturated heterocycles. The van der Waals surface area contributed by atoms with Gasteiger partial charge in [-0.15, -0.1) is 6.58 Å². The van der Waals surface area contributed by atoms with Gasteiger partial charge in [0, 0.05) is 31.0 Å². The molecule has 40 heavy (non-hydrogen) atoms. The van der Waals surface area contributed by atoms with Crippen LogP contribution in [-0.4, -0.2) is 76.9 Å². The van der Waals surface area contributed by atoms with Crippen LogP contribution in [0.4, 0.5) is 11.4 Å². The van der Waals surface area contributed by atoms with Crippen LogP contribution in [-0.2, 0) is 19.1 Å². The minimum atomic E-state index is -1.29. The highest BCUT2D eigenvalue weighted by Crippen LogP contribution is 2.60. The Balaban J connectivity index is 1.60. The number of hydrogen-bond donors (Lipinski definition) is 2. The topological polar surface area (TPSA) is 111 Å². The molecule has 3 aliphatic heterocycles. The zero-order valence-corrected chi connectivity index (χ0v) is 23.0. The molecule has 0 aromatic heterocycles. The Hall–Kier alpha value is -3.69. The lowest BCUT2D eigenvalue weighted by atomic mass is 9.70. The Kier molecular flexibility index (Phi) is 7.70. The van der Waals surface area contributed by atoms with Gasteiger partial charge in [0.1, 0.15) is 11.6 Å². The monoisotopic (exact) mass is 547 g/mol. The van der Waals surface area contributed by atoms with Crippen molar-refractivity contribution in [2.75, 3.05) is 36.0 Å². The highest BCUT2D eigenvalue weighted by Gasteiger charge is 2.75. The molecule has 9 nitrogen and oxygen atoms in total. The summed E-state index contributed by atoms with van der Waals surface area (Å²) in [5.74, 6) is -4.00. The molecule has 1 spiro atoms. The van der Waals surface area contributed by atoms with Gasteiger partial charge in [-0.25, -0.2) is 0 Å². The predicted octanol–water partition coefficient (Wildman–Crippen LogP) is 3.24. The number of amides is 2. The van der Waals surface area contributed by atoms with E-state index in [1.165, 1.54) is 4.90 Å². The molecule has 2 amide bonds. The summed E-state index contributed by atoms with van der Waals surface area (Å²) < 4.78 is 6.36. The average Bonchev–Trinajstić information content (AvgIpc) is 3.61. The first-order valence-corrected chi connectivity index (χ1v) is 14.0. The number of hydrogen-bond acceptors (Lipinski definition) is 6. The normalized spacial score (nSPS) is 27.4. The number of nitrogens with zero attached hydrogens (tertiary/aromatic N) is 3. The van der Waals surface area contributed by atoms with E-state index in [1.807, 2.05) is 30.3 Å². The minimum Gasteiger partial charge on any atom is -0.481 e. The minimum absolute atomic E-state index is 0.184. The second kappa shape index (κ2) is 11.1. The molecule has 2 aromatic carbocycles. The zero-order valence-electron chi connectivity index (χ0n) is 23.0. The van der Waals surface area contributed by atoms with Crippen molar-refractivity contribution in [1.29, 1.82) is 0 Å². The molecule has 3 aliphatic rings. The lowest BCUT2D eigenvalue weighted by molar-refractivity contribution is -0.151. The Morgan fingerprint density at radius 1 is 1.12 bits per heavy atom. The molecule has 0 aliphatic carbocycles. The summed E-state index contributed by atoms with van der Waals surface area (Å²) in [5.41, 5.74) is 1.04. The Bertz CT molecular complexity index is 1260. The SMILES string of the molecule is C=CCN(C(=O)[C@@H]1N([C@H](CO)c2ccccc2)C(=O)[C@H]2[C@H](C(=O)O)[C@@H]3CC[C@]12O3)c1ccc(N(CC)CC)cc1. The van der Waals surface area contributed by atoms with Crippen LogP contribution in [0.3, 0.4) is 0 Å². The van der Waals surface area contributed by atoms with Crippen LogP contribution in [0.2, 0.25) is 0 Å². The average molecular weight is 548 g/mol. The van der Waals surface area contributed by atoms with E-state index in [1.54, 1.807) is 35.2 Å². The quantitative estimate of drug-likeness (QED) is 0.416. The number of carboxylic acids is 1. The second-order valence-electron chi connectivity index (χ2n) is 10.7. The molecule has 3 fully saturated rings. The molecule has 3 heterocycles. The molecule has 2 aromatic rings. The number of rotatable bonds is 11. The molecule has 2 N–H and O–H groups in total. The lowest BCUT2D eigenvalue weighted by Gasteiger charge is -2.39. The van der Waals surface area contributed by atoms with Crippen LogP contribution in [0, 0.1) is 11.8 Å². The van der Waals surface area contributed by atoms with Crippen molar-refractivity contribution in [3.05, 3.63) is 72.8 Å². The van der Waals surface area contributed by atoms with Crippen LogP contribution >= 0.6 is 0 Å². The smallest absolute Gasteiger partial charge is 0.310 e. The summed E-state index contributed by atoms with van der Waals surface area (Å²) in [6, 6.07) is 14.7. The summed E-state index contributed by atoms with van der Waals surface area (Å²) in [5, 5.41) is 20.6. The third-order valence-electron chi connectivity index (χ3n) is 8.82. The van der Waals surface area contributed by atoms with Crippen LogP contribution in [0.5, 0.6) is 0 Å². The number of benzene rings is 2. The van der Waals surface area contributed by atoms with Crippen molar-refractivity contribution >= 4 is 29.2 Å². The zero-order chi connectivity index (χ0) is 28.6. The molecule has 0 saturated carbocycles. The summed E-state index contributed by atoms with van der Waals surface area (Å²) in [6.45, 7) is 9.47. The number of ether oxygens (including phenoxy) is 1. The summed E-state index contributed by atoms with van der Waals surface area (Å²) in [4.78, 5) is 46.3. The van der Waals surface area contributed by atoms with E-state index >= 15 is 0 Å². The maximum absolute atomic E-state index is 14.6. The number of fused-ring (bicyclic) bond motifs is 1. The van der Waals surface area contributed by atoms with Crippen molar-refractivity contribution in [3.63, 3.8) is 0 Å². The summed E-state index contributed by atoms with van der Waals surface area (Å²) in [6.07, 6.45) is 1.84. The van der Waals surface area contributed by atoms with Crippen LogP contribution in [0.15, 0.2) is 67.3 Å². The third kappa shape index (κ3) is 4.28. The first-order valence-electron chi connectivity index (χ1n) is 14.0. The number of anilines is 2. The van der Waals surface area contributed by atoms with Gasteiger partial charge in [0.2, 0.25) is 5.91 Å². The van der Waals surface area contributed by atoms with E-state index < -0.39 is 54.1 Å². The molecule has 5 rings (SSSR count). The van der Waals surface area contributed by atoms with E-state index in [0.29, 0.717) is 24.1 Å². The van der Waals surface area contributed by atoms with Crippen molar-refractivity contribution < 1.29 is 29.3 Å². The fourth-order valence-electron chi connectivity index (χ4n) is 7.05.